The second-order valence-corrected chi connectivity index (χ2v) is 6.81. The number of hydrogen-bond acceptors (Lipinski definition) is 5. The molecule has 0 saturated carbocycles. The third-order valence-electron chi connectivity index (χ3n) is 4.99. The summed E-state index contributed by atoms with van der Waals surface area (Å²) in [5, 5.41) is 27.9. The van der Waals surface area contributed by atoms with E-state index >= 15 is 0 Å². The van der Waals surface area contributed by atoms with Crippen LogP contribution in [0.3, 0.4) is 0 Å². The summed E-state index contributed by atoms with van der Waals surface area (Å²) in [6, 6.07) is 7.67. The van der Waals surface area contributed by atoms with Crippen molar-refractivity contribution in [2.45, 2.75) is 38.0 Å². The second-order valence-electron chi connectivity index (χ2n) is 6.81. The summed E-state index contributed by atoms with van der Waals surface area (Å²) in [6.07, 6.45) is 7.98. The van der Waals surface area contributed by atoms with Gasteiger partial charge in [-0.15, -0.1) is 0 Å². The number of nitriles is 1. The highest BCUT2D eigenvalue weighted by atomic mass is 16.3. The maximum absolute atomic E-state index is 12.6. The van der Waals surface area contributed by atoms with E-state index in [-0.39, 0.29) is 42.9 Å². The zero-order valence-electron chi connectivity index (χ0n) is 15.1. The summed E-state index contributed by atoms with van der Waals surface area (Å²) in [4.78, 5) is 19.3. The molecule has 6 nitrogen and oxygen atoms in total. The Balaban J connectivity index is 1.94. The van der Waals surface area contributed by atoms with Gasteiger partial charge in [-0.2, -0.15) is 5.26 Å². The Kier molecular flexibility index (Phi) is 6.17. The molecule has 0 amide bonds. The van der Waals surface area contributed by atoms with E-state index < -0.39 is 0 Å². The quantitative estimate of drug-likeness (QED) is 0.654. The Morgan fingerprint density at radius 2 is 2.11 bits per heavy atom. The molecule has 2 aromatic rings. The van der Waals surface area contributed by atoms with Crippen molar-refractivity contribution in [3.63, 3.8) is 0 Å². The zero-order chi connectivity index (χ0) is 19.2. The van der Waals surface area contributed by atoms with Crippen LogP contribution in [0, 0.1) is 11.3 Å². The van der Waals surface area contributed by atoms with Crippen LogP contribution in [-0.4, -0.2) is 39.2 Å². The molecule has 1 aromatic heterocycles. The minimum atomic E-state index is -0.332. The summed E-state index contributed by atoms with van der Waals surface area (Å²) in [7, 11) is 0. The molecule has 0 atom stereocenters. The number of hydrogen-bond donors (Lipinski definition) is 3. The average Bonchev–Trinajstić information content (AvgIpc) is 3.20. The predicted octanol–water partition coefficient (Wildman–Crippen LogP) is 2.73. The summed E-state index contributed by atoms with van der Waals surface area (Å²) < 4.78 is 0. The molecule has 6 heteroatoms. The van der Waals surface area contributed by atoms with Crippen LogP contribution in [-0.2, 0) is 6.42 Å². The third kappa shape index (κ3) is 4.33. The van der Waals surface area contributed by atoms with Crippen LogP contribution in [0.5, 0.6) is 0 Å². The molecular weight excluding hydrogens is 342 g/mol. The number of nitrogens with zero attached hydrogens (tertiary/aromatic N) is 2. The molecule has 0 radical (unpaired) electrons. The largest absolute Gasteiger partial charge is 0.396 e. The van der Waals surface area contributed by atoms with Gasteiger partial charge < -0.3 is 15.2 Å². The normalized spacial score (nSPS) is 14.1. The van der Waals surface area contributed by atoms with Crippen LogP contribution in [0.15, 0.2) is 30.5 Å². The number of benzene rings is 1. The highest BCUT2D eigenvalue weighted by Gasteiger charge is 2.19. The van der Waals surface area contributed by atoms with Crippen LogP contribution in [0.4, 0.5) is 0 Å². The number of rotatable bonds is 7. The third-order valence-corrected chi connectivity index (χ3v) is 4.99. The average molecular weight is 365 g/mol. The number of aromatic nitrogens is 2. The van der Waals surface area contributed by atoms with Gasteiger partial charge in [0.1, 0.15) is 11.8 Å². The lowest BCUT2D eigenvalue weighted by molar-refractivity contribution is 0.0984. The summed E-state index contributed by atoms with van der Waals surface area (Å²) in [5.74, 6) is -0.327. The molecule has 1 heterocycles. The Hall–Kier alpha value is -2.75. The zero-order valence-corrected chi connectivity index (χ0v) is 15.1. The molecule has 1 aliphatic rings. The first kappa shape index (κ1) is 19.0. The number of imidazole rings is 1. The van der Waals surface area contributed by atoms with Gasteiger partial charge in [-0.3, -0.25) is 4.79 Å². The maximum Gasteiger partial charge on any atom is 0.202 e. The fourth-order valence-electron chi connectivity index (χ4n) is 3.43. The van der Waals surface area contributed by atoms with Crippen molar-refractivity contribution in [2.24, 2.45) is 0 Å². The smallest absolute Gasteiger partial charge is 0.202 e. The molecule has 1 aliphatic carbocycles. The van der Waals surface area contributed by atoms with Crippen molar-refractivity contribution in [3.8, 4) is 6.07 Å². The fourth-order valence-corrected chi connectivity index (χ4v) is 3.43. The minimum Gasteiger partial charge on any atom is -0.396 e. The Morgan fingerprint density at radius 1 is 1.30 bits per heavy atom. The molecule has 0 bridgehead atoms. The van der Waals surface area contributed by atoms with Gasteiger partial charge in [0.05, 0.1) is 19.4 Å². The Labute approximate surface area is 158 Å². The van der Waals surface area contributed by atoms with Gasteiger partial charge in [0.25, 0.3) is 0 Å². The number of aliphatic hydroxyl groups excluding tert-OH is 2. The van der Waals surface area contributed by atoms with E-state index in [0.717, 1.165) is 42.4 Å². The standard InChI is InChI=1S/C21H23N3O3/c22-10-18-11-23-21(24-18)20(27)9-16-7-6-15(17(12-25)13-26)8-19(16)14-4-2-1-3-5-14/h4,6-8,11,17,25-26H,1-3,5,9,12-13H2,(H,23,24). The molecule has 0 spiro atoms. The molecule has 0 fully saturated rings. The molecule has 0 aliphatic heterocycles. The van der Waals surface area contributed by atoms with Crippen molar-refractivity contribution < 1.29 is 15.0 Å². The molecule has 1 aromatic carbocycles. The van der Waals surface area contributed by atoms with Crippen molar-refractivity contribution in [3.05, 3.63) is 58.7 Å². The summed E-state index contributed by atoms with van der Waals surface area (Å²) >= 11 is 0. The summed E-state index contributed by atoms with van der Waals surface area (Å²) in [5.41, 5.74) is 4.22. The number of nitrogens with one attached hydrogen (secondary N) is 1. The number of Topliss-reactive ketones (excluding diaryl/α,β-unsaturated/α-hetero) is 1. The van der Waals surface area contributed by atoms with Gasteiger partial charge in [0.2, 0.25) is 5.78 Å². The highest BCUT2D eigenvalue weighted by Crippen LogP contribution is 2.32. The SMILES string of the molecule is N#Cc1cnc(C(=O)Cc2ccc(C(CO)CO)cc2C2=CCCCC2)[nH]1. The van der Waals surface area contributed by atoms with Crippen molar-refractivity contribution in [1.29, 1.82) is 5.26 Å². The van der Waals surface area contributed by atoms with Gasteiger partial charge in [0, 0.05) is 12.3 Å². The number of ketones is 1. The molecular formula is C21H23N3O3. The second kappa shape index (κ2) is 8.76. The minimum absolute atomic E-state index is 0.128. The number of carbonyl (C=O) groups excluding carboxylic acids is 1. The molecule has 0 saturated heterocycles. The van der Waals surface area contributed by atoms with Crippen molar-refractivity contribution in [2.75, 3.05) is 13.2 Å². The lowest BCUT2D eigenvalue weighted by Gasteiger charge is -2.20. The molecule has 0 unspecified atom stereocenters. The van der Waals surface area contributed by atoms with Crippen LogP contribution < -0.4 is 0 Å². The van der Waals surface area contributed by atoms with E-state index in [1.807, 2.05) is 24.3 Å². The number of carbonyl (C=O) groups is 1. The van der Waals surface area contributed by atoms with E-state index in [9.17, 15) is 15.0 Å². The molecule has 140 valence electrons. The van der Waals surface area contributed by atoms with Gasteiger partial charge >= 0.3 is 0 Å². The van der Waals surface area contributed by atoms with E-state index in [1.165, 1.54) is 11.8 Å². The number of allylic oxidation sites excluding steroid dienone is 2. The van der Waals surface area contributed by atoms with E-state index in [2.05, 4.69) is 16.0 Å². The summed E-state index contributed by atoms with van der Waals surface area (Å²) in [6.45, 7) is -0.257. The fraction of sp³-hybridized carbons (Fsp3) is 0.381. The number of aromatic amines is 1. The van der Waals surface area contributed by atoms with Crippen molar-refractivity contribution >= 4 is 11.4 Å². The first-order valence-electron chi connectivity index (χ1n) is 9.18. The predicted molar refractivity (Wildman–Crippen MR) is 101 cm³/mol. The monoisotopic (exact) mass is 365 g/mol. The molecule has 27 heavy (non-hydrogen) atoms. The van der Waals surface area contributed by atoms with Crippen molar-refractivity contribution in [1.82, 2.24) is 9.97 Å². The highest BCUT2D eigenvalue weighted by molar-refractivity contribution is 5.95. The van der Waals surface area contributed by atoms with Crippen LogP contribution in [0.2, 0.25) is 0 Å². The van der Waals surface area contributed by atoms with E-state index in [0.29, 0.717) is 0 Å². The van der Waals surface area contributed by atoms with Crippen LogP contribution >= 0.6 is 0 Å². The van der Waals surface area contributed by atoms with E-state index in [1.54, 1.807) is 0 Å². The lowest BCUT2D eigenvalue weighted by Crippen LogP contribution is -2.12. The van der Waals surface area contributed by atoms with Crippen LogP contribution in [0.1, 0.15) is 64.6 Å². The maximum atomic E-state index is 12.6. The Morgan fingerprint density at radius 3 is 2.74 bits per heavy atom. The first-order chi connectivity index (χ1) is 13.2. The number of aliphatic hydroxyl groups is 2. The first-order valence-corrected chi connectivity index (χ1v) is 9.18. The van der Waals surface area contributed by atoms with Gasteiger partial charge in [0.15, 0.2) is 5.82 Å². The van der Waals surface area contributed by atoms with Gasteiger partial charge in [-0.1, -0.05) is 24.3 Å². The molecule has 3 rings (SSSR count). The van der Waals surface area contributed by atoms with Crippen LogP contribution in [0.25, 0.3) is 5.57 Å². The number of H-pyrrole nitrogens is 1. The van der Waals surface area contributed by atoms with Gasteiger partial charge in [-0.25, -0.2) is 4.98 Å². The lowest BCUT2D eigenvalue weighted by atomic mass is 9.86. The topological polar surface area (TPSA) is 110 Å². The molecule has 3 N–H and O–H groups in total. The van der Waals surface area contributed by atoms with E-state index in [4.69, 9.17) is 5.26 Å². The van der Waals surface area contributed by atoms with Gasteiger partial charge in [-0.05, 0) is 47.9 Å². The Bertz CT molecular complexity index is 888.